The number of rotatable bonds is 5. The van der Waals surface area contributed by atoms with Crippen molar-refractivity contribution in [2.24, 2.45) is 4.99 Å². The van der Waals surface area contributed by atoms with Crippen LogP contribution in [0, 0.1) is 0 Å². The minimum atomic E-state index is 0.0178. The number of methoxy groups -OCH3 is 2. The maximum atomic E-state index is 9.94. The molecule has 6 heteroatoms. The van der Waals surface area contributed by atoms with E-state index in [1.165, 1.54) is 27.1 Å². The van der Waals surface area contributed by atoms with E-state index in [9.17, 15) is 5.11 Å². The smallest absolute Gasteiger partial charge is 0.200 e. The molecule has 0 bridgehead atoms. The van der Waals surface area contributed by atoms with Crippen molar-refractivity contribution in [3.8, 4) is 17.2 Å². The third-order valence-corrected chi connectivity index (χ3v) is 3.69. The molecule has 1 aliphatic rings. The van der Waals surface area contributed by atoms with Crippen LogP contribution in [0.2, 0.25) is 0 Å². The van der Waals surface area contributed by atoms with Crippen molar-refractivity contribution in [3.05, 3.63) is 17.7 Å². The molecule has 2 rings (SSSR count). The van der Waals surface area contributed by atoms with E-state index in [0.29, 0.717) is 18.0 Å². The van der Waals surface area contributed by atoms with E-state index in [4.69, 9.17) is 9.47 Å². The van der Waals surface area contributed by atoms with Gasteiger partial charge in [-0.25, -0.2) is 4.99 Å². The lowest BCUT2D eigenvalue weighted by Crippen LogP contribution is -2.39. The summed E-state index contributed by atoms with van der Waals surface area (Å²) < 4.78 is 10.4. The molecule has 122 valence electrons. The SMILES string of the molecule is CCNC(=NCc1cc(OC)c(O)c(OC)c1)N1CCCC1. The summed E-state index contributed by atoms with van der Waals surface area (Å²) in [7, 11) is 3.05. The van der Waals surface area contributed by atoms with Crippen LogP contribution in [0.3, 0.4) is 0 Å². The summed E-state index contributed by atoms with van der Waals surface area (Å²) >= 11 is 0. The number of likely N-dealkylation sites (tertiary alicyclic amines) is 1. The Morgan fingerprint density at radius 1 is 1.23 bits per heavy atom. The van der Waals surface area contributed by atoms with Crippen LogP contribution in [0.5, 0.6) is 17.2 Å². The maximum absolute atomic E-state index is 9.94. The number of aromatic hydroxyl groups is 1. The molecule has 0 radical (unpaired) electrons. The van der Waals surface area contributed by atoms with Gasteiger partial charge in [-0.3, -0.25) is 0 Å². The quantitative estimate of drug-likeness (QED) is 0.643. The Balaban J connectivity index is 2.18. The predicted molar refractivity (Wildman–Crippen MR) is 86.8 cm³/mol. The molecule has 1 heterocycles. The average Bonchev–Trinajstić information content (AvgIpc) is 3.06. The fourth-order valence-electron chi connectivity index (χ4n) is 2.56. The lowest BCUT2D eigenvalue weighted by molar-refractivity contribution is 0.339. The minimum absolute atomic E-state index is 0.0178. The zero-order valence-corrected chi connectivity index (χ0v) is 13.6. The second kappa shape index (κ2) is 7.77. The number of nitrogens with one attached hydrogen (secondary N) is 1. The summed E-state index contributed by atoms with van der Waals surface area (Å²) in [4.78, 5) is 6.96. The zero-order valence-electron chi connectivity index (χ0n) is 13.6. The molecule has 0 unspecified atom stereocenters. The van der Waals surface area contributed by atoms with Gasteiger partial charge in [0, 0.05) is 19.6 Å². The number of phenolic OH excluding ortho intramolecular Hbond substituents is 1. The molecule has 0 aromatic heterocycles. The topological polar surface area (TPSA) is 66.3 Å². The van der Waals surface area contributed by atoms with Gasteiger partial charge in [0.2, 0.25) is 5.75 Å². The van der Waals surface area contributed by atoms with Gasteiger partial charge < -0.3 is 24.8 Å². The number of guanidine groups is 1. The average molecular weight is 307 g/mol. The molecular weight excluding hydrogens is 282 g/mol. The highest BCUT2D eigenvalue weighted by Gasteiger charge is 2.16. The normalized spacial score (nSPS) is 15.0. The van der Waals surface area contributed by atoms with Crippen LogP contribution in [-0.2, 0) is 6.54 Å². The fourth-order valence-corrected chi connectivity index (χ4v) is 2.56. The second-order valence-electron chi connectivity index (χ2n) is 5.21. The third-order valence-electron chi connectivity index (χ3n) is 3.69. The Bertz CT molecular complexity index is 500. The van der Waals surface area contributed by atoms with Gasteiger partial charge >= 0.3 is 0 Å². The van der Waals surface area contributed by atoms with Crippen molar-refractivity contribution in [1.29, 1.82) is 0 Å². The number of nitrogens with zero attached hydrogens (tertiary/aromatic N) is 2. The van der Waals surface area contributed by atoms with Crippen LogP contribution in [0.25, 0.3) is 0 Å². The van der Waals surface area contributed by atoms with Gasteiger partial charge in [0.1, 0.15) is 0 Å². The molecule has 6 nitrogen and oxygen atoms in total. The van der Waals surface area contributed by atoms with E-state index in [0.717, 1.165) is 31.2 Å². The van der Waals surface area contributed by atoms with E-state index >= 15 is 0 Å². The first kappa shape index (κ1) is 16.3. The molecular formula is C16H25N3O3. The summed E-state index contributed by atoms with van der Waals surface area (Å²) in [6.07, 6.45) is 2.43. The monoisotopic (exact) mass is 307 g/mol. The van der Waals surface area contributed by atoms with Crippen LogP contribution in [-0.4, -0.2) is 49.8 Å². The number of aliphatic imine (C=N–C) groups is 1. The van der Waals surface area contributed by atoms with Crippen LogP contribution in [0.1, 0.15) is 25.3 Å². The molecule has 0 spiro atoms. The molecule has 1 saturated heterocycles. The molecule has 2 N–H and O–H groups in total. The van der Waals surface area contributed by atoms with Crippen molar-refractivity contribution >= 4 is 5.96 Å². The highest BCUT2D eigenvalue weighted by atomic mass is 16.5. The van der Waals surface area contributed by atoms with Crippen LogP contribution < -0.4 is 14.8 Å². The van der Waals surface area contributed by atoms with Gasteiger partial charge in [0.25, 0.3) is 0 Å². The van der Waals surface area contributed by atoms with Gasteiger partial charge in [-0.1, -0.05) is 0 Å². The van der Waals surface area contributed by atoms with Crippen LogP contribution in [0.4, 0.5) is 0 Å². The number of hydrogen-bond donors (Lipinski definition) is 2. The summed E-state index contributed by atoms with van der Waals surface area (Å²) in [5.74, 6) is 1.75. The van der Waals surface area contributed by atoms with E-state index in [-0.39, 0.29) is 5.75 Å². The van der Waals surface area contributed by atoms with Crippen LogP contribution in [0.15, 0.2) is 17.1 Å². The lowest BCUT2D eigenvalue weighted by Gasteiger charge is -2.20. The molecule has 0 amide bonds. The molecule has 1 aliphatic heterocycles. The molecule has 0 saturated carbocycles. The number of ether oxygens (including phenoxy) is 2. The molecule has 22 heavy (non-hydrogen) atoms. The van der Waals surface area contributed by atoms with E-state index in [1.807, 2.05) is 0 Å². The summed E-state index contributed by atoms with van der Waals surface area (Å²) in [6.45, 7) is 5.52. The molecule has 1 aromatic rings. The summed E-state index contributed by atoms with van der Waals surface area (Å²) in [5, 5.41) is 13.3. The predicted octanol–water partition coefficient (Wildman–Crippen LogP) is 1.97. The first-order valence-corrected chi connectivity index (χ1v) is 7.66. The van der Waals surface area contributed by atoms with Gasteiger partial charge in [0.15, 0.2) is 17.5 Å². The van der Waals surface area contributed by atoms with Crippen molar-refractivity contribution in [2.75, 3.05) is 33.9 Å². The Morgan fingerprint density at radius 2 is 1.82 bits per heavy atom. The molecule has 0 aliphatic carbocycles. The molecule has 0 atom stereocenters. The number of phenols is 1. The number of benzene rings is 1. The minimum Gasteiger partial charge on any atom is -0.502 e. The zero-order chi connectivity index (χ0) is 15.9. The Kier molecular flexibility index (Phi) is 5.75. The first-order chi connectivity index (χ1) is 10.7. The van der Waals surface area contributed by atoms with E-state index in [1.54, 1.807) is 12.1 Å². The highest BCUT2D eigenvalue weighted by Crippen LogP contribution is 2.37. The Labute approximate surface area is 131 Å². The molecule has 1 fully saturated rings. The Morgan fingerprint density at radius 3 is 2.32 bits per heavy atom. The van der Waals surface area contributed by atoms with E-state index < -0.39 is 0 Å². The van der Waals surface area contributed by atoms with Gasteiger partial charge in [-0.05, 0) is 37.5 Å². The highest BCUT2D eigenvalue weighted by molar-refractivity contribution is 5.80. The third kappa shape index (κ3) is 3.75. The van der Waals surface area contributed by atoms with Crippen molar-refractivity contribution < 1.29 is 14.6 Å². The maximum Gasteiger partial charge on any atom is 0.200 e. The van der Waals surface area contributed by atoms with Gasteiger partial charge in [0.05, 0.1) is 20.8 Å². The van der Waals surface area contributed by atoms with Crippen molar-refractivity contribution in [3.63, 3.8) is 0 Å². The summed E-state index contributed by atoms with van der Waals surface area (Å²) in [5.41, 5.74) is 0.932. The molecule has 1 aromatic carbocycles. The van der Waals surface area contributed by atoms with Gasteiger partial charge in [-0.2, -0.15) is 0 Å². The van der Waals surface area contributed by atoms with E-state index in [2.05, 4.69) is 22.1 Å². The van der Waals surface area contributed by atoms with Crippen LogP contribution >= 0.6 is 0 Å². The first-order valence-electron chi connectivity index (χ1n) is 7.66. The Hall–Kier alpha value is -2.11. The fraction of sp³-hybridized carbons (Fsp3) is 0.562. The number of hydrogen-bond acceptors (Lipinski definition) is 4. The largest absolute Gasteiger partial charge is 0.502 e. The summed E-state index contributed by atoms with van der Waals surface area (Å²) in [6, 6.07) is 3.57. The lowest BCUT2D eigenvalue weighted by atomic mass is 10.2. The van der Waals surface area contributed by atoms with Gasteiger partial charge in [-0.15, -0.1) is 0 Å². The second-order valence-corrected chi connectivity index (χ2v) is 5.21. The standard InChI is InChI=1S/C16H25N3O3/c1-4-17-16(19-7-5-6-8-19)18-11-12-9-13(21-2)15(20)14(10-12)22-3/h9-10,20H,4-8,11H2,1-3H3,(H,17,18). The van der Waals surface area contributed by atoms with Crippen molar-refractivity contribution in [2.45, 2.75) is 26.3 Å². The van der Waals surface area contributed by atoms with Crippen molar-refractivity contribution in [1.82, 2.24) is 10.2 Å².